The Labute approximate surface area is 154 Å². The molecular formula is C17H20BrN3O2S. The molecule has 7 heteroatoms. The molecule has 1 aromatic heterocycles. The van der Waals surface area contributed by atoms with E-state index in [9.17, 15) is 9.59 Å². The minimum atomic E-state index is -0.260. The largest absolute Gasteiger partial charge is 0.342 e. The fourth-order valence-corrected chi connectivity index (χ4v) is 3.74. The second-order valence-electron chi connectivity index (χ2n) is 5.46. The van der Waals surface area contributed by atoms with E-state index in [0.29, 0.717) is 10.6 Å². The maximum absolute atomic E-state index is 12.2. The third kappa shape index (κ3) is 4.88. The number of benzene rings is 1. The van der Waals surface area contributed by atoms with Crippen molar-refractivity contribution in [2.45, 2.75) is 33.6 Å². The van der Waals surface area contributed by atoms with Crippen LogP contribution in [-0.4, -0.2) is 23.3 Å². The van der Waals surface area contributed by atoms with Gasteiger partial charge >= 0.3 is 0 Å². The van der Waals surface area contributed by atoms with Gasteiger partial charge in [-0.05, 0) is 50.5 Å². The average molecular weight is 410 g/mol. The van der Waals surface area contributed by atoms with Crippen molar-refractivity contribution in [1.29, 1.82) is 0 Å². The van der Waals surface area contributed by atoms with Crippen LogP contribution in [0.1, 0.15) is 39.3 Å². The quantitative estimate of drug-likeness (QED) is 0.760. The molecule has 5 nitrogen and oxygen atoms in total. The van der Waals surface area contributed by atoms with E-state index in [1.54, 1.807) is 0 Å². The number of carbonyl (C=O) groups excluding carboxylic acids is 2. The number of nitrogens with one attached hydrogen (secondary N) is 2. The Morgan fingerprint density at radius 1 is 1.29 bits per heavy atom. The first-order valence-electron chi connectivity index (χ1n) is 7.71. The predicted octanol–water partition coefficient (Wildman–Crippen LogP) is 3.84. The Hall–Kier alpha value is -1.73. The Balaban J connectivity index is 1.92. The zero-order valence-electron chi connectivity index (χ0n) is 13.9. The van der Waals surface area contributed by atoms with E-state index < -0.39 is 0 Å². The van der Waals surface area contributed by atoms with Gasteiger partial charge in [0.25, 0.3) is 5.91 Å². The minimum Gasteiger partial charge on any atom is -0.342 e. The van der Waals surface area contributed by atoms with Crippen molar-refractivity contribution in [3.8, 4) is 0 Å². The Morgan fingerprint density at radius 2 is 2.04 bits per heavy atom. The van der Waals surface area contributed by atoms with Gasteiger partial charge in [-0.2, -0.15) is 0 Å². The molecule has 2 amide bonds. The molecule has 0 saturated heterocycles. The second-order valence-corrected chi connectivity index (χ2v) is 7.46. The van der Waals surface area contributed by atoms with Crippen LogP contribution < -0.4 is 10.6 Å². The number of hydrogen-bond acceptors (Lipinski definition) is 4. The van der Waals surface area contributed by atoms with Gasteiger partial charge in [0, 0.05) is 10.2 Å². The molecule has 0 atom stereocenters. The third-order valence-corrected chi connectivity index (χ3v) is 5.09. The summed E-state index contributed by atoms with van der Waals surface area (Å²) in [6.45, 7) is 5.73. The van der Waals surface area contributed by atoms with Crippen LogP contribution in [0.3, 0.4) is 0 Å². The number of amides is 2. The van der Waals surface area contributed by atoms with Crippen molar-refractivity contribution in [3.05, 3.63) is 43.8 Å². The van der Waals surface area contributed by atoms with Gasteiger partial charge in [-0.3, -0.25) is 9.59 Å². The van der Waals surface area contributed by atoms with Gasteiger partial charge in [-0.15, -0.1) is 11.3 Å². The van der Waals surface area contributed by atoms with Gasteiger partial charge in [0.1, 0.15) is 4.88 Å². The fraction of sp³-hybridized carbons (Fsp3) is 0.353. The monoisotopic (exact) mass is 409 g/mol. The number of hydrogen-bond donors (Lipinski definition) is 2. The zero-order valence-corrected chi connectivity index (χ0v) is 16.3. The molecule has 0 unspecified atom stereocenters. The first-order valence-corrected chi connectivity index (χ1v) is 9.32. The van der Waals surface area contributed by atoms with Gasteiger partial charge in [0.2, 0.25) is 5.91 Å². The summed E-state index contributed by atoms with van der Waals surface area (Å²) in [5.74, 6) is -0.514. The van der Waals surface area contributed by atoms with E-state index in [1.807, 2.05) is 32.0 Å². The highest BCUT2D eigenvalue weighted by atomic mass is 79.9. The highest BCUT2D eigenvalue weighted by Crippen LogP contribution is 2.20. The Morgan fingerprint density at radius 3 is 2.71 bits per heavy atom. The molecule has 128 valence electrons. The van der Waals surface area contributed by atoms with Crippen LogP contribution in [-0.2, 0) is 11.2 Å². The molecule has 0 bridgehead atoms. The van der Waals surface area contributed by atoms with Crippen molar-refractivity contribution in [2.75, 3.05) is 11.9 Å². The summed E-state index contributed by atoms with van der Waals surface area (Å²) >= 11 is 4.78. The minimum absolute atomic E-state index is 0.0746. The first-order chi connectivity index (χ1) is 11.4. The molecule has 1 heterocycles. The maximum atomic E-state index is 12.2. The highest BCUT2D eigenvalue weighted by Gasteiger charge is 2.16. The third-order valence-electron chi connectivity index (χ3n) is 3.38. The molecule has 1 aromatic carbocycles. The average Bonchev–Trinajstić information content (AvgIpc) is 2.89. The SMILES string of the molecule is CCCc1nc(C)c(C(=O)NCC(=O)Nc2ccc(Br)cc2C)s1. The van der Waals surface area contributed by atoms with Crippen molar-refractivity contribution in [1.82, 2.24) is 10.3 Å². The van der Waals surface area contributed by atoms with Crippen molar-refractivity contribution in [3.63, 3.8) is 0 Å². The number of halogens is 1. The molecule has 0 aliphatic carbocycles. The summed E-state index contributed by atoms with van der Waals surface area (Å²) in [5.41, 5.74) is 2.40. The van der Waals surface area contributed by atoms with Gasteiger partial charge in [0.15, 0.2) is 0 Å². The summed E-state index contributed by atoms with van der Waals surface area (Å²) in [6.07, 6.45) is 1.85. The number of rotatable bonds is 6. The summed E-state index contributed by atoms with van der Waals surface area (Å²) < 4.78 is 0.954. The lowest BCUT2D eigenvalue weighted by atomic mass is 10.2. The molecular weight excluding hydrogens is 390 g/mol. The van der Waals surface area contributed by atoms with Gasteiger partial charge in [-0.25, -0.2) is 4.98 Å². The molecule has 0 aliphatic heterocycles. The Bertz CT molecular complexity index is 758. The van der Waals surface area contributed by atoms with E-state index in [2.05, 4.69) is 38.5 Å². The van der Waals surface area contributed by atoms with E-state index in [-0.39, 0.29) is 18.4 Å². The van der Waals surface area contributed by atoms with Gasteiger partial charge in [-0.1, -0.05) is 22.9 Å². The summed E-state index contributed by atoms with van der Waals surface area (Å²) in [7, 11) is 0. The van der Waals surface area contributed by atoms with Crippen LogP contribution in [0, 0.1) is 13.8 Å². The van der Waals surface area contributed by atoms with Gasteiger partial charge < -0.3 is 10.6 Å². The van der Waals surface area contributed by atoms with E-state index in [4.69, 9.17) is 0 Å². The van der Waals surface area contributed by atoms with E-state index in [0.717, 1.165) is 33.6 Å². The highest BCUT2D eigenvalue weighted by molar-refractivity contribution is 9.10. The molecule has 0 saturated carbocycles. The number of nitrogens with zero attached hydrogens (tertiary/aromatic N) is 1. The molecule has 2 N–H and O–H groups in total. The van der Waals surface area contributed by atoms with Gasteiger partial charge in [0.05, 0.1) is 17.2 Å². The fourth-order valence-electron chi connectivity index (χ4n) is 2.19. The molecule has 2 aromatic rings. The number of aromatic nitrogens is 1. The number of aryl methyl sites for hydroxylation is 3. The maximum Gasteiger partial charge on any atom is 0.263 e. The summed E-state index contributed by atoms with van der Waals surface area (Å²) in [5, 5.41) is 6.41. The molecule has 0 fully saturated rings. The lowest BCUT2D eigenvalue weighted by Crippen LogP contribution is -2.32. The van der Waals surface area contributed by atoms with E-state index in [1.165, 1.54) is 11.3 Å². The van der Waals surface area contributed by atoms with Crippen LogP contribution in [0.5, 0.6) is 0 Å². The van der Waals surface area contributed by atoms with Crippen molar-refractivity contribution in [2.24, 2.45) is 0 Å². The lowest BCUT2D eigenvalue weighted by Gasteiger charge is -2.09. The van der Waals surface area contributed by atoms with Crippen molar-refractivity contribution < 1.29 is 9.59 Å². The lowest BCUT2D eigenvalue weighted by molar-refractivity contribution is -0.115. The molecule has 2 rings (SSSR count). The molecule has 0 spiro atoms. The summed E-state index contributed by atoms with van der Waals surface area (Å²) in [4.78, 5) is 29.2. The normalized spacial score (nSPS) is 10.5. The van der Waals surface area contributed by atoms with Crippen LogP contribution in [0.25, 0.3) is 0 Å². The molecule has 0 aliphatic rings. The second kappa shape index (κ2) is 8.39. The summed E-state index contributed by atoms with van der Waals surface area (Å²) in [6, 6.07) is 5.60. The van der Waals surface area contributed by atoms with Crippen molar-refractivity contribution >= 4 is 44.8 Å². The number of anilines is 1. The molecule has 24 heavy (non-hydrogen) atoms. The topological polar surface area (TPSA) is 71.1 Å². The zero-order chi connectivity index (χ0) is 17.7. The van der Waals surface area contributed by atoms with E-state index >= 15 is 0 Å². The predicted molar refractivity (Wildman–Crippen MR) is 101 cm³/mol. The van der Waals surface area contributed by atoms with Crippen LogP contribution in [0.15, 0.2) is 22.7 Å². The number of thiazole rings is 1. The first kappa shape index (κ1) is 18.6. The smallest absolute Gasteiger partial charge is 0.263 e. The standard InChI is InChI=1S/C17H20BrN3O2S/c1-4-5-15-20-11(3)16(24-15)17(23)19-9-14(22)21-13-7-6-12(18)8-10(13)2/h6-8H,4-5,9H2,1-3H3,(H,19,23)(H,21,22). The van der Waals surface area contributed by atoms with Crippen LogP contribution >= 0.6 is 27.3 Å². The van der Waals surface area contributed by atoms with Crippen LogP contribution in [0.4, 0.5) is 5.69 Å². The Kier molecular flexibility index (Phi) is 6.51. The molecule has 0 radical (unpaired) electrons. The number of carbonyl (C=O) groups is 2. The van der Waals surface area contributed by atoms with Crippen LogP contribution in [0.2, 0.25) is 0 Å².